The predicted molar refractivity (Wildman–Crippen MR) is 89.7 cm³/mol. The maximum Gasteiger partial charge on any atom is 0.254 e. The molecule has 2 rings (SSSR count). The van der Waals surface area contributed by atoms with Gasteiger partial charge in [0.2, 0.25) is 0 Å². The van der Waals surface area contributed by atoms with Crippen molar-refractivity contribution in [3.8, 4) is 0 Å². The second-order valence-corrected chi connectivity index (χ2v) is 6.55. The van der Waals surface area contributed by atoms with Crippen LogP contribution in [0.25, 0.3) is 0 Å². The Morgan fingerprint density at radius 3 is 2.52 bits per heavy atom. The molecule has 0 heterocycles. The van der Waals surface area contributed by atoms with E-state index in [2.05, 4.69) is 6.92 Å². The van der Waals surface area contributed by atoms with Gasteiger partial charge in [-0.05, 0) is 62.7 Å². The Morgan fingerprint density at radius 1 is 1.29 bits per heavy atom. The van der Waals surface area contributed by atoms with Crippen molar-refractivity contribution in [1.29, 1.82) is 0 Å². The predicted octanol–water partition coefficient (Wildman–Crippen LogP) is 3.39. The number of nitrogens with zero attached hydrogens (tertiary/aromatic N) is 1. The minimum atomic E-state index is 0.149. The van der Waals surface area contributed by atoms with E-state index in [0.29, 0.717) is 18.5 Å². The average Bonchev–Trinajstić information content (AvgIpc) is 2.56. The van der Waals surface area contributed by atoms with Crippen molar-refractivity contribution < 1.29 is 4.79 Å². The van der Waals surface area contributed by atoms with Gasteiger partial charge in [0.05, 0.1) is 0 Å². The van der Waals surface area contributed by atoms with Crippen LogP contribution in [-0.4, -0.2) is 36.2 Å². The van der Waals surface area contributed by atoms with Crippen LogP contribution in [0.2, 0.25) is 0 Å². The van der Waals surface area contributed by atoms with Crippen LogP contribution in [-0.2, 0) is 0 Å². The lowest BCUT2D eigenvalue weighted by molar-refractivity contribution is 0.0560. The van der Waals surface area contributed by atoms with E-state index in [1.54, 1.807) is 11.8 Å². The molecule has 1 saturated carbocycles. The topological polar surface area (TPSA) is 46.3 Å². The molecule has 116 valence electrons. The van der Waals surface area contributed by atoms with Gasteiger partial charge in [-0.3, -0.25) is 4.79 Å². The first-order chi connectivity index (χ1) is 10.2. The van der Waals surface area contributed by atoms with Crippen molar-refractivity contribution in [2.75, 3.05) is 19.3 Å². The normalized spacial score (nSPS) is 22.0. The van der Waals surface area contributed by atoms with Crippen molar-refractivity contribution in [2.45, 2.75) is 43.5 Å². The van der Waals surface area contributed by atoms with Crippen LogP contribution in [0, 0.1) is 5.92 Å². The summed E-state index contributed by atoms with van der Waals surface area (Å²) in [6, 6.07) is 8.23. The van der Waals surface area contributed by atoms with E-state index in [4.69, 9.17) is 5.73 Å². The van der Waals surface area contributed by atoms with E-state index < -0.39 is 0 Å². The molecule has 0 radical (unpaired) electrons. The Kier molecular flexibility index (Phi) is 6.12. The van der Waals surface area contributed by atoms with Crippen LogP contribution in [0.5, 0.6) is 0 Å². The first-order valence-corrected chi connectivity index (χ1v) is 9.08. The fourth-order valence-electron chi connectivity index (χ4n) is 3.30. The van der Waals surface area contributed by atoms with Crippen LogP contribution in [0.15, 0.2) is 29.2 Å². The van der Waals surface area contributed by atoms with Gasteiger partial charge in [-0.25, -0.2) is 0 Å². The minimum Gasteiger partial charge on any atom is -0.336 e. The summed E-state index contributed by atoms with van der Waals surface area (Å²) in [5, 5.41) is 0. The van der Waals surface area contributed by atoms with Crippen LogP contribution in [0.4, 0.5) is 0 Å². The number of thioether (sulfide) groups is 1. The van der Waals surface area contributed by atoms with Gasteiger partial charge in [0, 0.05) is 23.0 Å². The highest BCUT2D eigenvalue weighted by Gasteiger charge is 2.31. The van der Waals surface area contributed by atoms with E-state index in [1.165, 1.54) is 17.7 Å². The van der Waals surface area contributed by atoms with Crippen LogP contribution >= 0.6 is 11.8 Å². The highest BCUT2D eigenvalue weighted by Crippen LogP contribution is 2.29. The molecule has 21 heavy (non-hydrogen) atoms. The van der Waals surface area contributed by atoms with E-state index in [9.17, 15) is 4.79 Å². The molecule has 1 fully saturated rings. The lowest BCUT2D eigenvalue weighted by Gasteiger charge is -2.39. The number of benzene rings is 1. The smallest absolute Gasteiger partial charge is 0.254 e. The quantitative estimate of drug-likeness (QED) is 0.848. The van der Waals surface area contributed by atoms with Crippen molar-refractivity contribution in [3.63, 3.8) is 0 Å². The third-order valence-corrected chi connectivity index (χ3v) is 5.25. The Morgan fingerprint density at radius 2 is 1.95 bits per heavy atom. The summed E-state index contributed by atoms with van der Waals surface area (Å²) in [7, 11) is 0. The first kappa shape index (κ1) is 16.4. The van der Waals surface area contributed by atoms with E-state index in [1.807, 2.05) is 35.4 Å². The van der Waals surface area contributed by atoms with Gasteiger partial charge in [-0.1, -0.05) is 12.8 Å². The molecule has 0 spiro atoms. The maximum atomic E-state index is 12.8. The zero-order chi connectivity index (χ0) is 15.2. The lowest BCUT2D eigenvalue weighted by atomic mass is 9.83. The molecule has 3 nitrogen and oxygen atoms in total. The Labute approximate surface area is 132 Å². The zero-order valence-electron chi connectivity index (χ0n) is 13.0. The lowest BCUT2D eigenvalue weighted by Crippen LogP contribution is -2.48. The summed E-state index contributed by atoms with van der Waals surface area (Å²) in [5.74, 6) is 0.601. The molecule has 1 aromatic rings. The molecule has 1 amide bonds. The number of carbonyl (C=O) groups excluding carboxylic acids is 1. The average molecular weight is 306 g/mol. The summed E-state index contributed by atoms with van der Waals surface area (Å²) >= 11 is 1.69. The number of rotatable bonds is 5. The van der Waals surface area contributed by atoms with Gasteiger partial charge in [-0.2, -0.15) is 0 Å². The standard InChI is InChI=1S/C17H26N2OS/c1-3-19(16-7-5-4-6-14(16)12-18)17(20)13-8-10-15(21-2)11-9-13/h8-11,14,16H,3-7,12,18H2,1-2H3. The zero-order valence-corrected chi connectivity index (χ0v) is 13.9. The number of carbonyl (C=O) groups is 1. The SMILES string of the molecule is CCN(C(=O)c1ccc(SC)cc1)C1CCCCC1CN. The molecule has 2 atom stereocenters. The summed E-state index contributed by atoms with van der Waals surface area (Å²) < 4.78 is 0. The molecular formula is C17H26N2OS. The van der Waals surface area contributed by atoms with Crippen molar-refractivity contribution >= 4 is 17.7 Å². The maximum absolute atomic E-state index is 12.8. The Balaban J connectivity index is 2.16. The molecular weight excluding hydrogens is 280 g/mol. The molecule has 1 aromatic carbocycles. The van der Waals surface area contributed by atoms with Crippen LogP contribution < -0.4 is 5.73 Å². The largest absolute Gasteiger partial charge is 0.336 e. The summed E-state index contributed by atoms with van der Waals surface area (Å²) in [4.78, 5) is 16.0. The van der Waals surface area contributed by atoms with E-state index >= 15 is 0 Å². The number of hydrogen-bond acceptors (Lipinski definition) is 3. The van der Waals surface area contributed by atoms with Crippen molar-refractivity contribution in [3.05, 3.63) is 29.8 Å². The van der Waals surface area contributed by atoms with Gasteiger partial charge < -0.3 is 10.6 Å². The van der Waals surface area contributed by atoms with Gasteiger partial charge in [0.25, 0.3) is 5.91 Å². The van der Waals surface area contributed by atoms with Gasteiger partial charge in [-0.15, -0.1) is 11.8 Å². The Hall–Kier alpha value is -1.00. The Bertz CT molecular complexity index is 460. The number of nitrogens with two attached hydrogens (primary N) is 1. The monoisotopic (exact) mass is 306 g/mol. The number of hydrogen-bond donors (Lipinski definition) is 1. The molecule has 0 aliphatic heterocycles. The summed E-state index contributed by atoms with van der Waals surface area (Å²) in [6.07, 6.45) is 6.73. The fourth-order valence-corrected chi connectivity index (χ4v) is 3.71. The third kappa shape index (κ3) is 3.80. The fraction of sp³-hybridized carbons (Fsp3) is 0.588. The number of amides is 1. The highest BCUT2D eigenvalue weighted by molar-refractivity contribution is 7.98. The van der Waals surface area contributed by atoms with E-state index in [0.717, 1.165) is 24.9 Å². The second-order valence-electron chi connectivity index (χ2n) is 5.67. The first-order valence-electron chi connectivity index (χ1n) is 7.86. The van der Waals surface area contributed by atoms with Crippen molar-refractivity contribution in [2.24, 2.45) is 11.7 Å². The molecule has 0 bridgehead atoms. The minimum absolute atomic E-state index is 0.149. The van der Waals surface area contributed by atoms with Crippen LogP contribution in [0.1, 0.15) is 43.0 Å². The van der Waals surface area contributed by atoms with Gasteiger partial charge >= 0.3 is 0 Å². The summed E-state index contributed by atoms with van der Waals surface area (Å²) in [5.41, 5.74) is 6.71. The van der Waals surface area contributed by atoms with Crippen LogP contribution in [0.3, 0.4) is 0 Å². The van der Waals surface area contributed by atoms with Crippen molar-refractivity contribution in [1.82, 2.24) is 4.90 Å². The van der Waals surface area contributed by atoms with E-state index in [-0.39, 0.29) is 5.91 Å². The summed E-state index contributed by atoms with van der Waals surface area (Å²) in [6.45, 7) is 3.50. The molecule has 1 aliphatic carbocycles. The van der Waals surface area contributed by atoms with Gasteiger partial charge in [0.1, 0.15) is 0 Å². The van der Waals surface area contributed by atoms with Gasteiger partial charge in [0.15, 0.2) is 0 Å². The third-order valence-electron chi connectivity index (χ3n) is 4.51. The molecule has 4 heteroatoms. The molecule has 0 saturated heterocycles. The second kappa shape index (κ2) is 7.85. The molecule has 2 unspecified atom stereocenters. The highest BCUT2D eigenvalue weighted by atomic mass is 32.2. The molecule has 2 N–H and O–H groups in total. The molecule has 0 aromatic heterocycles. The molecule has 1 aliphatic rings.